The standard InChI is InChI=1S/C12H16BrNO3/c1-9(8-16-2)14(12(15)17-3)11-7-5-4-6-10(11)13/h4-7,9H,8H2,1-3H3. The molecule has 1 aromatic rings. The van der Waals surface area contributed by atoms with Gasteiger partial charge in [0.05, 0.1) is 25.4 Å². The lowest BCUT2D eigenvalue weighted by atomic mass is 10.2. The average Bonchev–Trinajstić information content (AvgIpc) is 2.32. The Bertz CT molecular complexity index is 384. The van der Waals surface area contributed by atoms with Crippen LogP contribution in [-0.4, -0.2) is 33.0 Å². The van der Waals surface area contributed by atoms with E-state index in [0.717, 1.165) is 10.2 Å². The number of ether oxygens (including phenoxy) is 2. The number of carbonyl (C=O) groups is 1. The van der Waals surface area contributed by atoms with Crippen molar-refractivity contribution in [3.05, 3.63) is 28.7 Å². The van der Waals surface area contributed by atoms with Crippen LogP contribution in [0.25, 0.3) is 0 Å². The van der Waals surface area contributed by atoms with Gasteiger partial charge in [-0.1, -0.05) is 12.1 Å². The maximum atomic E-state index is 11.8. The number of hydrogen-bond donors (Lipinski definition) is 0. The second kappa shape index (κ2) is 6.61. The molecule has 4 nitrogen and oxygen atoms in total. The van der Waals surface area contributed by atoms with Crippen LogP contribution < -0.4 is 4.90 Å². The van der Waals surface area contributed by atoms with Crippen LogP contribution in [0.5, 0.6) is 0 Å². The Hall–Kier alpha value is -1.07. The molecule has 0 aliphatic heterocycles. The highest BCUT2D eigenvalue weighted by Gasteiger charge is 2.24. The number of anilines is 1. The number of rotatable bonds is 4. The molecule has 0 saturated heterocycles. The molecule has 0 saturated carbocycles. The second-order valence-corrected chi connectivity index (χ2v) is 4.45. The van der Waals surface area contributed by atoms with Gasteiger partial charge in [0.2, 0.25) is 0 Å². The zero-order chi connectivity index (χ0) is 12.8. The van der Waals surface area contributed by atoms with Crippen molar-refractivity contribution < 1.29 is 14.3 Å². The quantitative estimate of drug-likeness (QED) is 0.858. The molecule has 0 aliphatic rings. The van der Waals surface area contributed by atoms with E-state index in [9.17, 15) is 4.79 Å². The van der Waals surface area contributed by atoms with Gasteiger partial charge < -0.3 is 9.47 Å². The molecule has 1 aromatic carbocycles. The van der Waals surface area contributed by atoms with Crippen molar-refractivity contribution in [2.24, 2.45) is 0 Å². The van der Waals surface area contributed by atoms with Gasteiger partial charge in [0.1, 0.15) is 0 Å². The number of halogens is 1. The molecule has 0 radical (unpaired) electrons. The maximum absolute atomic E-state index is 11.8. The fourth-order valence-corrected chi connectivity index (χ4v) is 2.05. The first kappa shape index (κ1) is 14.0. The zero-order valence-electron chi connectivity index (χ0n) is 10.1. The topological polar surface area (TPSA) is 38.8 Å². The Morgan fingerprint density at radius 1 is 1.41 bits per heavy atom. The highest BCUT2D eigenvalue weighted by atomic mass is 79.9. The van der Waals surface area contributed by atoms with Crippen LogP contribution in [0, 0.1) is 0 Å². The third-order valence-corrected chi connectivity index (χ3v) is 3.00. The van der Waals surface area contributed by atoms with Gasteiger partial charge >= 0.3 is 6.09 Å². The highest BCUT2D eigenvalue weighted by molar-refractivity contribution is 9.10. The summed E-state index contributed by atoms with van der Waals surface area (Å²) in [5.74, 6) is 0. The lowest BCUT2D eigenvalue weighted by molar-refractivity contribution is 0.157. The van der Waals surface area contributed by atoms with Crippen molar-refractivity contribution in [1.29, 1.82) is 0 Å². The molecule has 1 atom stereocenters. The number of benzene rings is 1. The summed E-state index contributed by atoms with van der Waals surface area (Å²) in [5, 5.41) is 0. The molecule has 0 heterocycles. The van der Waals surface area contributed by atoms with E-state index in [1.807, 2.05) is 31.2 Å². The van der Waals surface area contributed by atoms with Crippen LogP contribution >= 0.6 is 15.9 Å². The Labute approximate surface area is 110 Å². The molecule has 0 fully saturated rings. The number of carbonyl (C=O) groups excluding carboxylic acids is 1. The smallest absolute Gasteiger partial charge is 0.414 e. The van der Waals surface area contributed by atoms with E-state index in [1.54, 1.807) is 12.0 Å². The Morgan fingerprint density at radius 2 is 2.06 bits per heavy atom. The van der Waals surface area contributed by atoms with Crippen molar-refractivity contribution >= 4 is 27.7 Å². The molecule has 0 N–H and O–H groups in total. The molecule has 0 spiro atoms. The van der Waals surface area contributed by atoms with Gasteiger partial charge in [0.15, 0.2) is 0 Å². The maximum Gasteiger partial charge on any atom is 0.414 e. The van der Waals surface area contributed by atoms with Crippen LogP contribution in [0.15, 0.2) is 28.7 Å². The minimum Gasteiger partial charge on any atom is -0.452 e. The first-order valence-electron chi connectivity index (χ1n) is 5.22. The van der Waals surface area contributed by atoms with Crippen LogP contribution in [0.2, 0.25) is 0 Å². The Kier molecular flexibility index (Phi) is 5.44. The predicted octanol–water partition coefficient (Wildman–Crippen LogP) is 3.06. The Morgan fingerprint density at radius 3 is 2.59 bits per heavy atom. The molecule has 94 valence electrons. The van der Waals surface area contributed by atoms with Crippen LogP contribution in [0.3, 0.4) is 0 Å². The van der Waals surface area contributed by atoms with Crippen molar-refractivity contribution in [2.45, 2.75) is 13.0 Å². The van der Waals surface area contributed by atoms with Crippen molar-refractivity contribution in [2.75, 3.05) is 25.7 Å². The van der Waals surface area contributed by atoms with Crippen LogP contribution in [0.4, 0.5) is 10.5 Å². The summed E-state index contributed by atoms with van der Waals surface area (Å²) in [7, 11) is 2.97. The number of hydrogen-bond acceptors (Lipinski definition) is 3. The third-order valence-electron chi connectivity index (χ3n) is 2.33. The molecule has 0 aliphatic carbocycles. The van der Waals surface area contributed by atoms with Gasteiger partial charge in [-0.25, -0.2) is 4.79 Å². The first-order chi connectivity index (χ1) is 8.11. The summed E-state index contributed by atoms with van der Waals surface area (Å²) >= 11 is 3.42. The summed E-state index contributed by atoms with van der Waals surface area (Å²) in [6.07, 6.45) is -0.401. The second-order valence-electron chi connectivity index (χ2n) is 3.60. The van der Waals surface area contributed by atoms with E-state index in [1.165, 1.54) is 7.11 Å². The summed E-state index contributed by atoms with van der Waals surface area (Å²) < 4.78 is 10.7. The summed E-state index contributed by atoms with van der Waals surface area (Å²) in [6, 6.07) is 7.39. The summed E-state index contributed by atoms with van der Waals surface area (Å²) in [4.78, 5) is 13.4. The SMILES string of the molecule is COCC(C)N(C(=O)OC)c1ccccc1Br. The largest absolute Gasteiger partial charge is 0.452 e. The average molecular weight is 302 g/mol. The van der Waals surface area contributed by atoms with Gasteiger partial charge in [-0.05, 0) is 35.0 Å². The molecule has 0 bridgehead atoms. The molecular formula is C12H16BrNO3. The van der Waals surface area contributed by atoms with Gasteiger partial charge in [0, 0.05) is 11.6 Å². The normalized spacial score (nSPS) is 12.0. The number of amides is 1. The van der Waals surface area contributed by atoms with E-state index < -0.39 is 6.09 Å². The van der Waals surface area contributed by atoms with E-state index >= 15 is 0 Å². The fourth-order valence-electron chi connectivity index (χ4n) is 1.58. The molecule has 1 amide bonds. The van der Waals surface area contributed by atoms with E-state index in [4.69, 9.17) is 9.47 Å². The van der Waals surface area contributed by atoms with Crippen LogP contribution in [0.1, 0.15) is 6.92 Å². The van der Waals surface area contributed by atoms with E-state index in [0.29, 0.717) is 6.61 Å². The molecule has 1 rings (SSSR count). The lowest BCUT2D eigenvalue weighted by Gasteiger charge is -2.28. The minimum atomic E-state index is -0.401. The molecule has 1 unspecified atom stereocenters. The van der Waals surface area contributed by atoms with Crippen molar-refractivity contribution in [3.63, 3.8) is 0 Å². The third kappa shape index (κ3) is 3.44. The molecule has 5 heteroatoms. The number of nitrogens with zero attached hydrogens (tertiary/aromatic N) is 1. The van der Waals surface area contributed by atoms with Crippen LogP contribution in [-0.2, 0) is 9.47 Å². The fraction of sp³-hybridized carbons (Fsp3) is 0.417. The van der Waals surface area contributed by atoms with Crippen molar-refractivity contribution in [1.82, 2.24) is 0 Å². The zero-order valence-corrected chi connectivity index (χ0v) is 11.7. The molecule has 17 heavy (non-hydrogen) atoms. The Balaban J connectivity index is 3.06. The summed E-state index contributed by atoms with van der Waals surface area (Å²) in [6.45, 7) is 2.34. The highest BCUT2D eigenvalue weighted by Crippen LogP contribution is 2.27. The summed E-state index contributed by atoms with van der Waals surface area (Å²) in [5.41, 5.74) is 0.768. The lowest BCUT2D eigenvalue weighted by Crippen LogP contribution is -2.41. The number of methoxy groups -OCH3 is 2. The van der Waals surface area contributed by atoms with E-state index in [2.05, 4.69) is 15.9 Å². The van der Waals surface area contributed by atoms with Gasteiger partial charge in [-0.3, -0.25) is 4.90 Å². The molecule has 0 aromatic heterocycles. The predicted molar refractivity (Wildman–Crippen MR) is 70.4 cm³/mol. The van der Waals surface area contributed by atoms with Gasteiger partial charge in [-0.15, -0.1) is 0 Å². The number of para-hydroxylation sites is 1. The van der Waals surface area contributed by atoms with Gasteiger partial charge in [0.25, 0.3) is 0 Å². The minimum absolute atomic E-state index is 0.105. The van der Waals surface area contributed by atoms with E-state index in [-0.39, 0.29) is 6.04 Å². The first-order valence-corrected chi connectivity index (χ1v) is 6.01. The molecular weight excluding hydrogens is 286 g/mol. The van der Waals surface area contributed by atoms with Crippen molar-refractivity contribution in [3.8, 4) is 0 Å². The van der Waals surface area contributed by atoms with Gasteiger partial charge in [-0.2, -0.15) is 0 Å². The monoisotopic (exact) mass is 301 g/mol.